The lowest BCUT2D eigenvalue weighted by atomic mass is 10.4. The van der Waals surface area contributed by atoms with E-state index < -0.39 is 0 Å². The molecule has 1 rings (SSSR count). The minimum Gasteiger partial charge on any atom is -0.329 e. The van der Waals surface area contributed by atoms with Crippen molar-refractivity contribution in [2.24, 2.45) is 5.73 Å². The predicted octanol–water partition coefficient (Wildman–Crippen LogP) is -0.482. The van der Waals surface area contributed by atoms with Crippen LogP contribution in [0.4, 0.5) is 0 Å². The standard InChI is InChI=1S/C7H17N3O/c1-2-5-10-7(11-10)6-9-4-3-8/h7,9H,2-6,8H2,1H3. The van der Waals surface area contributed by atoms with Gasteiger partial charge in [0.05, 0.1) is 0 Å². The van der Waals surface area contributed by atoms with Crippen molar-refractivity contribution in [1.82, 2.24) is 10.4 Å². The molecule has 0 saturated carbocycles. The van der Waals surface area contributed by atoms with Crippen molar-refractivity contribution >= 4 is 0 Å². The fourth-order valence-electron chi connectivity index (χ4n) is 1.01. The normalized spacial score (nSPS) is 28.9. The van der Waals surface area contributed by atoms with Crippen LogP contribution >= 0.6 is 0 Å². The third kappa shape index (κ3) is 3.16. The highest BCUT2D eigenvalue weighted by molar-refractivity contribution is 4.68. The van der Waals surface area contributed by atoms with Crippen molar-refractivity contribution in [2.45, 2.75) is 19.6 Å². The summed E-state index contributed by atoms with van der Waals surface area (Å²) in [5.41, 5.74) is 5.31. The van der Waals surface area contributed by atoms with E-state index in [0.29, 0.717) is 12.8 Å². The molecule has 1 aliphatic rings. The van der Waals surface area contributed by atoms with E-state index in [0.717, 1.165) is 26.1 Å². The number of nitrogens with zero attached hydrogens (tertiary/aromatic N) is 1. The van der Waals surface area contributed by atoms with Gasteiger partial charge in [-0.1, -0.05) is 6.92 Å². The van der Waals surface area contributed by atoms with Gasteiger partial charge in [0.15, 0.2) is 6.23 Å². The molecule has 0 spiro atoms. The first kappa shape index (κ1) is 8.93. The van der Waals surface area contributed by atoms with Crippen molar-refractivity contribution < 1.29 is 4.84 Å². The van der Waals surface area contributed by atoms with Gasteiger partial charge in [-0.2, -0.15) is 5.06 Å². The molecule has 4 nitrogen and oxygen atoms in total. The predicted molar refractivity (Wildman–Crippen MR) is 43.8 cm³/mol. The molecule has 0 aliphatic carbocycles. The van der Waals surface area contributed by atoms with E-state index in [1.54, 1.807) is 0 Å². The lowest BCUT2D eigenvalue weighted by Crippen LogP contribution is -2.27. The van der Waals surface area contributed by atoms with E-state index in [2.05, 4.69) is 12.2 Å². The summed E-state index contributed by atoms with van der Waals surface area (Å²) in [5.74, 6) is 0. The zero-order chi connectivity index (χ0) is 8.10. The number of hydroxylamine groups is 2. The number of nitrogens with one attached hydrogen (secondary N) is 1. The highest BCUT2D eigenvalue weighted by Crippen LogP contribution is 2.18. The van der Waals surface area contributed by atoms with Crippen molar-refractivity contribution in [3.63, 3.8) is 0 Å². The van der Waals surface area contributed by atoms with Crippen molar-refractivity contribution in [1.29, 1.82) is 0 Å². The number of hydrogen-bond acceptors (Lipinski definition) is 4. The van der Waals surface area contributed by atoms with Gasteiger partial charge in [-0.15, -0.1) is 0 Å². The Labute approximate surface area is 67.6 Å². The topological polar surface area (TPSA) is 53.6 Å². The van der Waals surface area contributed by atoms with Crippen LogP contribution in [0.5, 0.6) is 0 Å². The van der Waals surface area contributed by atoms with Crippen LogP contribution in [0.1, 0.15) is 13.3 Å². The monoisotopic (exact) mass is 159 g/mol. The summed E-state index contributed by atoms with van der Waals surface area (Å²) < 4.78 is 0. The zero-order valence-corrected chi connectivity index (χ0v) is 7.05. The van der Waals surface area contributed by atoms with Gasteiger partial charge in [-0.3, -0.25) is 4.84 Å². The highest BCUT2D eigenvalue weighted by Gasteiger charge is 2.34. The Bertz CT molecular complexity index is 110. The Morgan fingerprint density at radius 1 is 1.64 bits per heavy atom. The third-order valence-electron chi connectivity index (χ3n) is 1.62. The zero-order valence-electron chi connectivity index (χ0n) is 7.05. The van der Waals surface area contributed by atoms with Crippen LogP contribution in [-0.4, -0.2) is 37.5 Å². The molecule has 11 heavy (non-hydrogen) atoms. The smallest absolute Gasteiger partial charge is 0.166 e. The molecule has 0 amide bonds. The highest BCUT2D eigenvalue weighted by atomic mass is 16.8. The summed E-state index contributed by atoms with van der Waals surface area (Å²) in [5, 5.41) is 5.18. The number of rotatable bonds is 6. The van der Waals surface area contributed by atoms with Crippen molar-refractivity contribution in [3.8, 4) is 0 Å². The average Bonchev–Trinajstić information content (AvgIpc) is 2.70. The maximum atomic E-state index is 5.31. The van der Waals surface area contributed by atoms with E-state index in [4.69, 9.17) is 10.6 Å². The molecular formula is C7H17N3O. The maximum Gasteiger partial charge on any atom is 0.166 e. The lowest BCUT2D eigenvalue weighted by Gasteiger charge is -1.97. The molecule has 0 aromatic heterocycles. The Kier molecular flexibility index (Phi) is 3.79. The van der Waals surface area contributed by atoms with Gasteiger partial charge in [0.25, 0.3) is 0 Å². The second kappa shape index (κ2) is 4.66. The summed E-state index contributed by atoms with van der Waals surface area (Å²) in [6.45, 7) is 5.65. The molecule has 0 aromatic carbocycles. The molecule has 4 heteroatoms. The van der Waals surface area contributed by atoms with Crippen molar-refractivity contribution in [2.75, 3.05) is 26.2 Å². The lowest BCUT2D eigenvalue weighted by molar-refractivity contribution is 0.198. The molecule has 0 aromatic rings. The molecule has 1 saturated heterocycles. The molecule has 0 bridgehead atoms. The fourth-order valence-corrected chi connectivity index (χ4v) is 1.01. The first-order valence-corrected chi connectivity index (χ1v) is 4.22. The molecule has 1 aliphatic heterocycles. The molecule has 0 radical (unpaired) electrons. The van der Waals surface area contributed by atoms with Crippen LogP contribution in [-0.2, 0) is 4.84 Å². The molecular weight excluding hydrogens is 142 g/mol. The average molecular weight is 159 g/mol. The van der Waals surface area contributed by atoms with Crippen LogP contribution in [0.25, 0.3) is 0 Å². The molecule has 2 unspecified atom stereocenters. The maximum absolute atomic E-state index is 5.31. The van der Waals surface area contributed by atoms with Gasteiger partial charge < -0.3 is 11.1 Å². The van der Waals surface area contributed by atoms with Gasteiger partial charge in [-0.05, 0) is 6.42 Å². The van der Waals surface area contributed by atoms with Gasteiger partial charge in [-0.25, -0.2) is 0 Å². The van der Waals surface area contributed by atoms with Gasteiger partial charge in [0, 0.05) is 26.2 Å². The van der Waals surface area contributed by atoms with Gasteiger partial charge in [0.1, 0.15) is 0 Å². The van der Waals surface area contributed by atoms with Gasteiger partial charge in [0.2, 0.25) is 0 Å². The van der Waals surface area contributed by atoms with Crippen LogP contribution in [0.2, 0.25) is 0 Å². The summed E-state index contributed by atoms with van der Waals surface area (Å²) in [7, 11) is 0. The summed E-state index contributed by atoms with van der Waals surface area (Å²) in [6, 6.07) is 0. The van der Waals surface area contributed by atoms with E-state index >= 15 is 0 Å². The number of nitrogens with two attached hydrogens (primary N) is 1. The molecule has 3 N–H and O–H groups in total. The van der Waals surface area contributed by atoms with E-state index in [9.17, 15) is 0 Å². The van der Waals surface area contributed by atoms with Gasteiger partial charge >= 0.3 is 0 Å². The molecule has 2 atom stereocenters. The van der Waals surface area contributed by atoms with E-state index in [1.165, 1.54) is 0 Å². The number of hydrogen-bond donors (Lipinski definition) is 2. The first-order chi connectivity index (χ1) is 5.38. The first-order valence-electron chi connectivity index (χ1n) is 4.22. The van der Waals surface area contributed by atoms with E-state index in [-0.39, 0.29) is 0 Å². The minimum atomic E-state index is 0.307. The SMILES string of the molecule is CCCN1OC1CNCCN. The van der Waals surface area contributed by atoms with Crippen LogP contribution < -0.4 is 11.1 Å². The summed E-state index contributed by atoms with van der Waals surface area (Å²) in [6.07, 6.45) is 1.45. The second-order valence-electron chi connectivity index (χ2n) is 2.69. The largest absolute Gasteiger partial charge is 0.329 e. The summed E-state index contributed by atoms with van der Waals surface area (Å²) >= 11 is 0. The third-order valence-corrected chi connectivity index (χ3v) is 1.62. The summed E-state index contributed by atoms with van der Waals surface area (Å²) in [4.78, 5) is 5.23. The Morgan fingerprint density at radius 3 is 3.09 bits per heavy atom. The Hall–Kier alpha value is -0.160. The van der Waals surface area contributed by atoms with Crippen LogP contribution in [0.15, 0.2) is 0 Å². The Balaban J connectivity index is 1.87. The molecule has 1 fully saturated rings. The fraction of sp³-hybridized carbons (Fsp3) is 1.00. The quantitative estimate of drug-likeness (QED) is 0.406. The minimum absolute atomic E-state index is 0.307. The van der Waals surface area contributed by atoms with Crippen LogP contribution in [0.3, 0.4) is 0 Å². The van der Waals surface area contributed by atoms with Crippen LogP contribution in [0, 0.1) is 0 Å². The molecule has 66 valence electrons. The second-order valence-corrected chi connectivity index (χ2v) is 2.69. The van der Waals surface area contributed by atoms with E-state index in [1.807, 2.05) is 5.06 Å². The molecule has 1 heterocycles. The Morgan fingerprint density at radius 2 is 2.45 bits per heavy atom. The van der Waals surface area contributed by atoms with Crippen molar-refractivity contribution in [3.05, 3.63) is 0 Å².